The Bertz CT molecular complexity index is 757. The summed E-state index contributed by atoms with van der Waals surface area (Å²) in [4.78, 5) is 45.2. The van der Waals surface area contributed by atoms with Crippen molar-refractivity contribution in [1.82, 2.24) is 0 Å². The van der Waals surface area contributed by atoms with E-state index in [2.05, 4.69) is 0 Å². The van der Waals surface area contributed by atoms with E-state index < -0.39 is 17.9 Å². The lowest BCUT2D eigenvalue weighted by Crippen LogP contribution is -2.18. The van der Waals surface area contributed by atoms with E-state index in [0.29, 0.717) is 18.8 Å². The number of carboxylic acids is 2. The van der Waals surface area contributed by atoms with Crippen molar-refractivity contribution in [2.24, 2.45) is 5.92 Å². The van der Waals surface area contributed by atoms with Gasteiger partial charge in [0.05, 0.1) is 18.1 Å². The standard InChI is InChI=1S/C26H38O7/c1-20(27)15-16-22(26(31)32)18-23(28)13-9-7-5-3-2-4-6-8-10-17-33-24-14-11-12-21(19-24)25(29)30/h11-12,14,19,22H,2-10,13,15-18H2,1H3,(H,29,30)(H,31,32)/t22-/m1/s1. The summed E-state index contributed by atoms with van der Waals surface area (Å²) in [5, 5.41) is 18.2. The summed E-state index contributed by atoms with van der Waals surface area (Å²) in [7, 11) is 0. The normalized spacial score (nSPS) is 11.7. The molecule has 0 spiro atoms. The number of carboxylic acid groups (broad SMARTS) is 2. The summed E-state index contributed by atoms with van der Waals surface area (Å²) in [6, 6.07) is 6.52. The highest BCUT2D eigenvalue weighted by Gasteiger charge is 2.21. The van der Waals surface area contributed by atoms with Gasteiger partial charge in [0, 0.05) is 19.3 Å². The number of aromatic carboxylic acids is 1. The number of ether oxygens (including phenoxy) is 1. The molecular formula is C26H38O7. The zero-order valence-electron chi connectivity index (χ0n) is 19.7. The van der Waals surface area contributed by atoms with Crippen LogP contribution < -0.4 is 4.74 Å². The number of carbonyl (C=O) groups is 4. The van der Waals surface area contributed by atoms with Crippen molar-refractivity contribution in [3.05, 3.63) is 29.8 Å². The van der Waals surface area contributed by atoms with Crippen molar-refractivity contribution in [2.45, 2.75) is 90.4 Å². The average molecular weight is 463 g/mol. The Morgan fingerprint density at radius 3 is 2.03 bits per heavy atom. The zero-order chi connectivity index (χ0) is 24.5. The van der Waals surface area contributed by atoms with Crippen LogP contribution in [0.3, 0.4) is 0 Å². The lowest BCUT2D eigenvalue weighted by Gasteiger charge is -2.10. The fourth-order valence-electron chi connectivity index (χ4n) is 3.64. The van der Waals surface area contributed by atoms with Crippen molar-refractivity contribution in [2.75, 3.05) is 6.61 Å². The molecule has 0 radical (unpaired) electrons. The van der Waals surface area contributed by atoms with E-state index in [1.165, 1.54) is 13.0 Å². The largest absolute Gasteiger partial charge is 0.494 e. The van der Waals surface area contributed by atoms with Crippen molar-refractivity contribution in [3.8, 4) is 5.75 Å². The first-order chi connectivity index (χ1) is 15.8. The Morgan fingerprint density at radius 2 is 1.45 bits per heavy atom. The molecule has 1 aromatic rings. The fraction of sp³-hybridized carbons (Fsp3) is 0.615. The van der Waals surface area contributed by atoms with E-state index in [9.17, 15) is 24.3 Å². The Hall–Kier alpha value is -2.70. The second-order valence-electron chi connectivity index (χ2n) is 8.63. The summed E-state index contributed by atoms with van der Waals surface area (Å²) in [6.07, 6.45) is 10.3. The monoisotopic (exact) mass is 462 g/mol. The van der Waals surface area contributed by atoms with Crippen LogP contribution in [0.4, 0.5) is 0 Å². The summed E-state index contributed by atoms with van der Waals surface area (Å²) in [6.45, 7) is 2.01. The van der Waals surface area contributed by atoms with Crippen molar-refractivity contribution >= 4 is 23.5 Å². The number of rotatable bonds is 20. The maximum atomic E-state index is 12.0. The fourth-order valence-corrected chi connectivity index (χ4v) is 3.64. The van der Waals surface area contributed by atoms with E-state index >= 15 is 0 Å². The lowest BCUT2D eigenvalue weighted by molar-refractivity contribution is -0.144. The third-order valence-electron chi connectivity index (χ3n) is 5.62. The minimum absolute atomic E-state index is 0.0251. The van der Waals surface area contributed by atoms with Gasteiger partial charge in [-0.1, -0.05) is 51.0 Å². The Morgan fingerprint density at radius 1 is 0.848 bits per heavy atom. The molecule has 0 aliphatic carbocycles. The molecule has 1 atom stereocenters. The second-order valence-corrected chi connectivity index (χ2v) is 8.63. The molecule has 0 amide bonds. The average Bonchev–Trinajstić information content (AvgIpc) is 2.77. The first-order valence-corrected chi connectivity index (χ1v) is 12.0. The highest BCUT2D eigenvalue weighted by Crippen LogP contribution is 2.17. The SMILES string of the molecule is CC(=O)CC[C@H](CC(=O)CCCCCCCCCCCOc1cccc(C(=O)O)c1)C(=O)O. The molecule has 0 saturated carbocycles. The van der Waals surface area contributed by atoms with Crippen LogP contribution in [0.1, 0.15) is 101 Å². The number of Topliss-reactive ketones (excluding diaryl/α,β-unsaturated/α-hetero) is 2. The number of ketones is 2. The molecule has 2 N–H and O–H groups in total. The molecule has 0 heterocycles. The van der Waals surface area contributed by atoms with Crippen LogP contribution in [0.2, 0.25) is 0 Å². The van der Waals surface area contributed by atoms with Crippen LogP contribution in [0.5, 0.6) is 5.75 Å². The molecule has 7 heteroatoms. The van der Waals surface area contributed by atoms with Gasteiger partial charge in [-0.15, -0.1) is 0 Å². The quantitative estimate of drug-likeness (QED) is 0.239. The van der Waals surface area contributed by atoms with Crippen LogP contribution in [0.15, 0.2) is 24.3 Å². The van der Waals surface area contributed by atoms with Gasteiger partial charge in [0.1, 0.15) is 17.3 Å². The summed E-state index contributed by atoms with van der Waals surface area (Å²) >= 11 is 0. The number of hydrogen-bond donors (Lipinski definition) is 2. The van der Waals surface area contributed by atoms with Crippen molar-refractivity contribution in [1.29, 1.82) is 0 Å². The van der Waals surface area contributed by atoms with E-state index in [4.69, 9.17) is 9.84 Å². The van der Waals surface area contributed by atoms with Crippen LogP contribution in [0.25, 0.3) is 0 Å². The van der Waals surface area contributed by atoms with E-state index in [-0.39, 0.29) is 36.4 Å². The minimum atomic E-state index is -0.997. The zero-order valence-corrected chi connectivity index (χ0v) is 19.7. The van der Waals surface area contributed by atoms with Gasteiger partial charge in [-0.2, -0.15) is 0 Å². The number of aliphatic carboxylic acids is 1. The first kappa shape index (κ1) is 28.3. The maximum Gasteiger partial charge on any atom is 0.335 e. The van der Waals surface area contributed by atoms with Gasteiger partial charge in [0.15, 0.2) is 0 Å². The lowest BCUT2D eigenvalue weighted by atomic mass is 9.94. The Labute approximate surface area is 196 Å². The second kappa shape index (κ2) is 16.9. The van der Waals surface area contributed by atoms with Gasteiger partial charge >= 0.3 is 11.9 Å². The van der Waals surface area contributed by atoms with E-state index in [1.807, 2.05) is 0 Å². The molecule has 0 saturated heterocycles. The van der Waals surface area contributed by atoms with Gasteiger partial charge in [-0.05, 0) is 44.4 Å². The Kier molecular flexibility index (Phi) is 14.5. The number of carbonyl (C=O) groups excluding carboxylic acids is 2. The highest BCUT2D eigenvalue weighted by molar-refractivity contribution is 5.88. The molecule has 0 aliphatic rings. The topological polar surface area (TPSA) is 118 Å². The summed E-state index contributed by atoms with van der Waals surface area (Å²) in [5.41, 5.74) is 0.228. The van der Waals surface area contributed by atoms with Crippen LogP contribution in [-0.2, 0) is 14.4 Å². The number of unbranched alkanes of at least 4 members (excludes halogenated alkanes) is 8. The maximum absolute atomic E-state index is 12.0. The molecule has 0 unspecified atom stereocenters. The third-order valence-corrected chi connectivity index (χ3v) is 5.62. The molecule has 184 valence electrons. The first-order valence-electron chi connectivity index (χ1n) is 12.0. The minimum Gasteiger partial charge on any atom is -0.494 e. The molecule has 0 aromatic heterocycles. The van der Waals surface area contributed by atoms with E-state index in [1.54, 1.807) is 18.2 Å². The van der Waals surface area contributed by atoms with Crippen LogP contribution in [-0.4, -0.2) is 40.3 Å². The van der Waals surface area contributed by atoms with Crippen molar-refractivity contribution < 1.29 is 34.1 Å². The highest BCUT2D eigenvalue weighted by atomic mass is 16.5. The summed E-state index contributed by atoms with van der Waals surface area (Å²) in [5.74, 6) is -2.19. The molecule has 1 rings (SSSR count). The van der Waals surface area contributed by atoms with Gasteiger partial charge in [0.25, 0.3) is 0 Å². The van der Waals surface area contributed by atoms with Gasteiger partial charge in [0.2, 0.25) is 0 Å². The smallest absolute Gasteiger partial charge is 0.335 e. The molecule has 0 bridgehead atoms. The van der Waals surface area contributed by atoms with Gasteiger partial charge in [-0.25, -0.2) is 4.79 Å². The predicted octanol–water partition coefficient (Wildman–Crippen LogP) is 5.69. The number of hydrogen-bond acceptors (Lipinski definition) is 5. The molecule has 33 heavy (non-hydrogen) atoms. The van der Waals surface area contributed by atoms with Crippen LogP contribution >= 0.6 is 0 Å². The molecule has 0 aliphatic heterocycles. The third kappa shape index (κ3) is 14.1. The van der Waals surface area contributed by atoms with Gasteiger partial charge < -0.3 is 19.7 Å². The molecule has 0 fully saturated rings. The van der Waals surface area contributed by atoms with Gasteiger partial charge in [-0.3, -0.25) is 9.59 Å². The van der Waals surface area contributed by atoms with Crippen molar-refractivity contribution in [3.63, 3.8) is 0 Å². The number of benzene rings is 1. The molecule has 1 aromatic carbocycles. The predicted molar refractivity (Wildman–Crippen MR) is 126 cm³/mol. The molecular weight excluding hydrogens is 424 g/mol. The van der Waals surface area contributed by atoms with E-state index in [0.717, 1.165) is 57.8 Å². The van der Waals surface area contributed by atoms with Crippen LogP contribution in [0, 0.1) is 5.92 Å². The Balaban J connectivity index is 1.97. The molecule has 7 nitrogen and oxygen atoms in total. The summed E-state index contributed by atoms with van der Waals surface area (Å²) < 4.78 is 5.61.